The lowest BCUT2D eigenvalue weighted by molar-refractivity contribution is 1.40. The summed E-state index contributed by atoms with van der Waals surface area (Å²) in [6.07, 6.45) is 0. The Hall–Kier alpha value is -1.87. The smallest absolute Gasteiger partial charge is 0.126 e. The van der Waals surface area contributed by atoms with E-state index in [-0.39, 0.29) is 0 Å². The Balaban J connectivity index is 2.26. The monoisotopic (exact) mass is 254 g/mol. The van der Waals surface area contributed by atoms with Crippen LogP contribution in [0.25, 0.3) is 20.8 Å². The summed E-state index contributed by atoms with van der Waals surface area (Å²) in [7, 11) is 0. The third-order valence-electron chi connectivity index (χ3n) is 3.18. The van der Waals surface area contributed by atoms with Crippen molar-refractivity contribution in [2.24, 2.45) is 0 Å². The van der Waals surface area contributed by atoms with Crippen molar-refractivity contribution < 1.29 is 0 Å². The molecule has 0 radical (unpaired) electrons. The van der Waals surface area contributed by atoms with E-state index < -0.39 is 0 Å². The maximum absolute atomic E-state index is 6.14. The highest BCUT2D eigenvalue weighted by molar-refractivity contribution is 7.21. The zero-order valence-corrected chi connectivity index (χ0v) is 11.2. The number of rotatable bonds is 1. The molecule has 0 saturated heterocycles. The minimum atomic E-state index is 0.828. The molecule has 3 rings (SSSR count). The van der Waals surface area contributed by atoms with E-state index in [4.69, 9.17) is 10.7 Å². The number of aryl methyl sites for hydroxylation is 2. The summed E-state index contributed by atoms with van der Waals surface area (Å²) in [6.45, 7) is 4.11. The molecule has 0 bridgehead atoms. The summed E-state index contributed by atoms with van der Waals surface area (Å²) in [5.41, 5.74) is 11.4. The SMILES string of the molecule is Cc1cccc(-c2nc3c(C)cccc3s2)c1N. The van der Waals surface area contributed by atoms with E-state index >= 15 is 0 Å². The molecule has 1 aromatic heterocycles. The fourth-order valence-corrected chi connectivity index (χ4v) is 3.15. The Morgan fingerprint density at radius 3 is 2.50 bits per heavy atom. The van der Waals surface area contributed by atoms with Crippen LogP contribution in [0.15, 0.2) is 36.4 Å². The minimum Gasteiger partial charge on any atom is -0.398 e. The van der Waals surface area contributed by atoms with Gasteiger partial charge in [-0.15, -0.1) is 11.3 Å². The van der Waals surface area contributed by atoms with Crippen LogP contribution in [0.5, 0.6) is 0 Å². The maximum atomic E-state index is 6.14. The molecule has 0 saturated carbocycles. The highest BCUT2D eigenvalue weighted by Crippen LogP contribution is 2.35. The number of anilines is 1. The average Bonchev–Trinajstić information content (AvgIpc) is 2.78. The van der Waals surface area contributed by atoms with Crippen LogP contribution < -0.4 is 5.73 Å². The zero-order valence-electron chi connectivity index (χ0n) is 10.4. The number of fused-ring (bicyclic) bond motifs is 1. The summed E-state index contributed by atoms with van der Waals surface area (Å²) in [5.74, 6) is 0. The van der Waals surface area contributed by atoms with Crippen LogP contribution in [-0.2, 0) is 0 Å². The van der Waals surface area contributed by atoms with Gasteiger partial charge in [-0.25, -0.2) is 4.98 Å². The van der Waals surface area contributed by atoms with E-state index in [1.165, 1.54) is 10.3 Å². The third kappa shape index (κ3) is 1.68. The molecule has 18 heavy (non-hydrogen) atoms. The lowest BCUT2D eigenvalue weighted by Crippen LogP contribution is -1.92. The molecule has 0 aliphatic heterocycles. The van der Waals surface area contributed by atoms with Gasteiger partial charge in [-0.1, -0.05) is 24.3 Å². The first-order valence-corrected chi connectivity index (χ1v) is 6.70. The van der Waals surface area contributed by atoms with Gasteiger partial charge in [0.2, 0.25) is 0 Å². The van der Waals surface area contributed by atoms with Gasteiger partial charge >= 0.3 is 0 Å². The molecule has 1 heterocycles. The molecule has 3 aromatic rings. The lowest BCUT2D eigenvalue weighted by Gasteiger charge is -2.04. The second kappa shape index (κ2) is 4.10. The van der Waals surface area contributed by atoms with E-state index in [9.17, 15) is 0 Å². The Morgan fingerprint density at radius 1 is 1.00 bits per heavy atom. The molecular weight excluding hydrogens is 240 g/mol. The van der Waals surface area contributed by atoms with Gasteiger partial charge in [-0.05, 0) is 37.1 Å². The van der Waals surface area contributed by atoms with Crippen molar-refractivity contribution in [3.05, 3.63) is 47.5 Å². The second-order valence-corrected chi connectivity index (χ2v) is 5.51. The average molecular weight is 254 g/mol. The summed E-state index contributed by atoms with van der Waals surface area (Å²) in [6, 6.07) is 12.4. The van der Waals surface area contributed by atoms with Crippen LogP contribution in [-0.4, -0.2) is 4.98 Å². The number of benzene rings is 2. The number of nitrogen functional groups attached to an aromatic ring is 1. The highest BCUT2D eigenvalue weighted by Gasteiger charge is 2.11. The third-order valence-corrected chi connectivity index (χ3v) is 4.23. The first-order chi connectivity index (χ1) is 8.66. The standard InChI is InChI=1S/C15H14N2S/c1-9-5-3-7-11(13(9)16)15-17-14-10(2)6-4-8-12(14)18-15/h3-8H,16H2,1-2H3. The van der Waals surface area contributed by atoms with Gasteiger partial charge in [-0.2, -0.15) is 0 Å². The topological polar surface area (TPSA) is 38.9 Å². The summed E-state index contributed by atoms with van der Waals surface area (Å²) < 4.78 is 1.21. The number of nitrogens with zero attached hydrogens (tertiary/aromatic N) is 1. The Morgan fingerprint density at radius 2 is 1.72 bits per heavy atom. The van der Waals surface area contributed by atoms with Crippen molar-refractivity contribution in [3.8, 4) is 10.6 Å². The van der Waals surface area contributed by atoms with Crippen LogP contribution in [0, 0.1) is 13.8 Å². The van der Waals surface area contributed by atoms with E-state index in [0.29, 0.717) is 0 Å². The predicted octanol–water partition coefficient (Wildman–Crippen LogP) is 4.16. The molecule has 0 atom stereocenters. The molecule has 0 fully saturated rings. The number of thiazole rings is 1. The number of hydrogen-bond donors (Lipinski definition) is 1. The molecule has 0 amide bonds. The van der Waals surface area contributed by atoms with Crippen LogP contribution in [0.1, 0.15) is 11.1 Å². The van der Waals surface area contributed by atoms with Crippen molar-refractivity contribution in [2.45, 2.75) is 13.8 Å². The van der Waals surface area contributed by atoms with Gasteiger partial charge in [0, 0.05) is 11.3 Å². The minimum absolute atomic E-state index is 0.828. The molecule has 90 valence electrons. The number of nitrogens with two attached hydrogens (primary N) is 1. The Labute approximate surface area is 110 Å². The molecule has 2 N–H and O–H groups in total. The summed E-state index contributed by atoms with van der Waals surface area (Å²) in [4.78, 5) is 4.72. The van der Waals surface area contributed by atoms with Crippen molar-refractivity contribution in [2.75, 3.05) is 5.73 Å². The Bertz CT molecular complexity index is 728. The molecule has 0 aliphatic rings. The van der Waals surface area contributed by atoms with Gasteiger partial charge in [0.05, 0.1) is 10.2 Å². The Kier molecular flexibility index (Phi) is 2.56. The van der Waals surface area contributed by atoms with Crippen LogP contribution in [0.4, 0.5) is 5.69 Å². The van der Waals surface area contributed by atoms with E-state index in [0.717, 1.165) is 27.3 Å². The van der Waals surface area contributed by atoms with Crippen LogP contribution in [0.3, 0.4) is 0 Å². The predicted molar refractivity (Wildman–Crippen MR) is 78.9 cm³/mol. The maximum Gasteiger partial charge on any atom is 0.126 e. The van der Waals surface area contributed by atoms with Crippen molar-refractivity contribution in [1.29, 1.82) is 0 Å². The fraction of sp³-hybridized carbons (Fsp3) is 0.133. The summed E-state index contributed by atoms with van der Waals surface area (Å²) >= 11 is 1.70. The van der Waals surface area contributed by atoms with E-state index in [1.54, 1.807) is 11.3 Å². The van der Waals surface area contributed by atoms with E-state index in [2.05, 4.69) is 25.1 Å². The quantitative estimate of drug-likeness (QED) is 0.662. The van der Waals surface area contributed by atoms with Gasteiger partial charge in [-0.3, -0.25) is 0 Å². The van der Waals surface area contributed by atoms with Crippen molar-refractivity contribution in [3.63, 3.8) is 0 Å². The number of aromatic nitrogens is 1. The highest BCUT2D eigenvalue weighted by atomic mass is 32.1. The molecule has 0 aliphatic carbocycles. The van der Waals surface area contributed by atoms with Gasteiger partial charge in [0.1, 0.15) is 5.01 Å². The molecule has 2 aromatic carbocycles. The number of hydrogen-bond acceptors (Lipinski definition) is 3. The lowest BCUT2D eigenvalue weighted by atomic mass is 10.1. The van der Waals surface area contributed by atoms with Crippen LogP contribution in [0.2, 0.25) is 0 Å². The van der Waals surface area contributed by atoms with Crippen molar-refractivity contribution >= 4 is 27.2 Å². The largest absolute Gasteiger partial charge is 0.398 e. The normalized spacial score (nSPS) is 11.0. The van der Waals surface area contributed by atoms with Crippen molar-refractivity contribution in [1.82, 2.24) is 4.98 Å². The van der Waals surface area contributed by atoms with E-state index in [1.807, 2.05) is 25.1 Å². The van der Waals surface area contributed by atoms with Gasteiger partial charge in [0.25, 0.3) is 0 Å². The first kappa shape index (κ1) is 11.2. The second-order valence-electron chi connectivity index (χ2n) is 4.48. The van der Waals surface area contributed by atoms with Crippen LogP contribution >= 0.6 is 11.3 Å². The molecule has 0 unspecified atom stereocenters. The molecule has 3 heteroatoms. The molecule has 2 nitrogen and oxygen atoms in total. The molecule has 0 spiro atoms. The van der Waals surface area contributed by atoms with Gasteiger partial charge in [0.15, 0.2) is 0 Å². The van der Waals surface area contributed by atoms with Gasteiger partial charge < -0.3 is 5.73 Å². The summed E-state index contributed by atoms with van der Waals surface area (Å²) in [5, 5.41) is 1.00. The first-order valence-electron chi connectivity index (χ1n) is 5.88. The zero-order chi connectivity index (χ0) is 12.7. The number of para-hydroxylation sites is 2. The fourth-order valence-electron chi connectivity index (χ4n) is 2.07. The molecular formula is C15H14N2S.